The quantitative estimate of drug-likeness (QED) is 0.762. The highest BCUT2D eigenvalue weighted by Gasteiger charge is 2.29. The van der Waals surface area contributed by atoms with Gasteiger partial charge in [-0.1, -0.05) is 44.2 Å². The van der Waals surface area contributed by atoms with Crippen molar-refractivity contribution in [3.05, 3.63) is 35.9 Å². The molecule has 0 aromatic heterocycles. The van der Waals surface area contributed by atoms with Crippen molar-refractivity contribution in [3.8, 4) is 0 Å². The minimum Gasteiger partial charge on any atom is -0.330 e. The van der Waals surface area contributed by atoms with E-state index in [9.17, 15) is 4.39 Å². The van der Waals surface area contributed by atoms with Gasteiger partial charge in [0, 0.05) is 12.0 Å². The van der Waals surface area contributed by atoms with Gasteiger partial charge in [-0.05, 0) is 5.56 Å². The summed E-state index contributed by atoms with van der Waals surface area (Å²) in [6.07, 6.45) is -0.987. The van der Waals surface area contributed by atoms with E-state index in [1.165, 1.54) is 0 Å². The smallest absolute Gasteiger partial charge is 0.131 e. The van der Waals surface area contributed by atoms with E-state index in [1.807, 2.05) is 32.0 Å². The fourth-order valence-electron chi connectivity index (χ4n) is 1.18. The van der Waals surface area contributed by atoms with Gasteiger partial charge in [0.1, 0.15) is 6.17 Å². The molecule has 0 aliphatic carbocycles. The lowest BCUT2D eigenvalue weighted by molar-refractivity contribution is 0.153. The van der Waals surface area contributed by atoms with Crippen molar-refractivity contribution in [1.82, 2.24) is 0 Å². The van der Waals surface area contributed by atoms with Gasteiger partial charge in [0.2, 0.25) is 0 Å². The van der Waals surface area contributed by atoms with Gasteiger partial charge < -0.3 is 5.73 Å². The van der Waals surface area contributed by atoms with Gasteiger partial charge in [-0.25, -0.2) is 4.39 Å². The molecule has 1 nitrogen and oxygen atoms in total. The summed E-state index contributed by atoms with van der Waals surface area (Å²) >= 11 is 0. The molecule has 0 fully saturated rings. The summed E-state index contributed by atoms with van der Waals surface area (Å²) in [4.78, 5) is 0. The zero-order valence-electron chi connectivity index (χ0n) is 8.13. The van der Waals surface area contributed by atoms with Crippen LogP contribution in [-0.2, 0) is 0 Å². The normalized spacial score (nSPS) is 14.2. The van der Waals surface area contributed by atoms with Gasteiger partial charge in [0.05, 0.1) is 0 Å². The molecule has 0 bridgehead atoms. The molecule has 72 valence electrons. The van der Waals surface area contributed by atoms with E-state index in [0.717, 1.165) is 0 Å². The van der Waals surface area contributed by atoms with Crippen LogP contribution < -0.4 is 5.73 Å². The van der Waals surface area contributed by atoms with Crippen LogP contribution in [0.15, 0.2) is 30.3 Å². The van der Waals surface area contributed by atoms with E-state index in [1.54, 1.807) is 12.1 Å². The Hall–Kier alpha value is -0.890. The summed E-state index contributed by atoms with van der Waals surface area (Å²) in [7, 11) is 0. The van der Waals surface area contributed by atoms with E-state index in [4.69, 9.17) is 5.73 Å². The van der Waals surface area contributed by atoms with Crippen LogP contribution in [0.3, 0.4) is 0 Å². The zero-order chi connectivity index (χ0) is 9.90. The lowest BCUT2D eigenvalue weighted by Gasteiger charge is -2.27. The van der Waals surface area contributed by atoms with Crippen LogP contribution in [0.2, 0.25) is 0 Å². The average molecular weight is 181 g/mol. The molecule has 1 aromatic carbocycles. The maximum atomic E-state index is 13.8. The Morgan fingerprint density at radius 3 is 2.31 bits per heavy atom. The first-order valence-electron chi connectivity index (χ1n) is 4.47. The number of hydrogen-bond acceptors (Lipinski definition) is 1. The zero-order valence-corrected chi connectivity index (χ0v) is 8.13. The Morgan fingerprint density at radius 1 is 1.31 bits per heavy atom. The van der Waals surface area contributed by atoms with Gasteiger partial charge in [0.15, 0.2) is 0 Å². The van der Waals surface area contributed by atoms with E-state index < -0.39 is 11.6 Å². The molecule has 0 amide bonds. The van der Waals surface area contributed by atoms with Crippen LogP contribution in [0.5, 0.6) is 0 Å². The molecule has 1 aromatic rings. The van der Waals surface area contributed by atoms with Gasteiger partial charge in [0.25, 0.3) is 0 Å². The van der Waals surface area contributed by atoms with Crippen molar-refractivity contribution < 1.29 is 4.39 Å². The average Bonchev–Trinajstić information content (AvgIpc) is 2.18. The van der Waals surface area contributed by atoms with Crippen LogP contribution in [0.4, 0.5) is 4.39 Å². The number of benzene rings is 1. The molecule has 0 aliphatic heterocycles. The third-order valence-corrected chi connectivity index (χ3v) is 2.30. The van der Waals surface area contributed by atoms with Gasteiger partial charge in [-0.15, -0.1) is 0 Å². The Labute approximate surface area is 78.8 Å². The lowest BCUT2D eigenvalue weighted by atomic mass is 9.84. The molecule has 1 atom stereocenters. The Bertz CT molecular complexity index is 256. The fraction of sp³-hybridized carbons (Fsp3) is 0.455. The molecular formula is C11H16FN. The number of hydrogen-bond donors (Lipinski definition) is 1. The second-order valence-electron chi connectivity index (χ2n) is 3.97. The van der Waals surface area contributed by atoms with Crippen LogP contribution >= 0.6 is 0 Å². The van der Waals surface area contributed by atoms with Crippen molar-refractivity contribution in [2.45, 2.75) is 20.0 Å². The molecule has 0 radical (unpaired) electrons. The highest BCUT2D eigenvalue weighted by Crippen LogP contribution is 2.35. The molecule has 0 heterocycles. The Balaban J connectivity index is 2.85. The van der Waals surface area contributed by atoms with Crippen LogP contribution in [0.25, 0.3) is 0 Å². The minimum absolute atomic E-state index is 0.350. The van der Waals surface area contributed by atoms with Crippen molar-refractivity contribution >= 4 is 0 Å². The van der Waals surface area contributed by atoms with Crippen molar-refractivity contribution in [2.75, 3.05) is 6.54 Å². The van der Waals surface area contributed by atoms with E-state index in [-0.39, 0.29) is 0 Å². The predicted molar refractivity (Wildman–Crippen MR) is 53.1 cm³/mol. The van der Waals surface area contributed by atoms with Gasteiger partial charge in [-0.2, -0.15) is 0 Å². The fourth-order valence-corrected chi connectivity index (χ4v) is 1.18. The van der Waals surface area contributed by atoms with Gasteiger partial charge in [-0.3, -0.25) is 0 Å². The molecule has 2 N–H and O–H groups in total. The standard InChI is InChI=1S/C11H16FN/c1-11(2,8-13)10(12)9-6-4-3-5-7-9/h3-7,10H,8,13H2,1-2H3. The first-order valence-corrected chi connectivity index (χ1v) is 4.47. The summed E-state index contributed by atoms with van der Waals surface area (Å²) in [5.41, 5.74) is 5.73. The first-order chi connectivity index (χ1) is 6.08. The molecule has 0 saturated carbocycles. The van der Waals surface area contributed by atoms with E-state index in [2.05, 4.69) is 0 Å². The summed E-state index contributed by atoms with van der Waals surface area (Å²) in [5, 5.41) is 0. The number of alkyl halides is 1. The third-order valence-electron chi connectivity index (χ3n) is 2.30. The first kappa shape index (κ1) is 10.2. The van der Waals surface area contributed by atoms with Crippen molar-refractivity contribution in [2.24, 2.45) is 11.1 Å². The van der Waals surface area contributed by atoms with Crippen LogP contribution in [0.1, 0.15) is 25.6 Å². The number of rotatable bonds is 3. The van der Waals surface area contributed by atoms with Gasteiger partial charge >= 0.3 is 0 Å². The maximum absolute atomic E-state index is 13.8. The summed E-state index contributed by atoms with van der Waals surface area (Å²) in [5.74, 6) is 0. The molecule has 13 heavy (non-hydrogen) atoms. The summed E-state index contributed by atoms with van der Waals surface area (Å²) < 4.78 is 13.8. The highest BCUT2D eigenvalue weighted by molar-refractivity contribution is 5.19. The van der Waals surface area contributed by atoms with E-state index in [0.29, 0.717) is 12.1 Å². The SMILES string of the molecule is CC(C)(CN)C(F)c1ccccc1. The molecule has 1 rings (SSSR count). The molecule has 0 aliphatic rings. The Morgan fingerprint density at radius 2 is 1.85 bits per heavy atom. The summed E-state index contributed by atoms with van der Waals surface area (Å²) in [6.45, 7) is 4.03. The summed E-state index contributed by atoms with van der Waals surface area (Å²) in [6, 6.07) is 9.15. The van der Waals surface area contributed by atoms with E-state index >= 15 is 0 Å². The third kappa shape index (κ3) is 2.28. The second-order valence-corrected chi connectivity index (χ2v) is 3.97. The maximum Gasteiger partial charge on any atom is 0.131 e. The molecule has 0 spiro atoms. The predicted octanol–water partition coefficient (Wildman–Crippen LogP) is 2.68. The monoisotopic (exact) mass is 181 g/mol. The molecule has 0 saturated heterocycles. The number of nitrogens with two attached hydrogens (primary N) is 1. The molecular weight excluding hydrogens is 165 g/mol. The van der Waals surface area contributed by atoms with Crippen molar-refractivity contribution in [1.29, 1.82) is 0 Å². The van der Waals surface area contributed by atoms with Crippen LogP contribution in [-0.4, -0.2) is 6.54 Å². The lowest BCUT2D eigenvalue weighted by Crippen LogP contribution is -2.28. The Kier molecular flexibility index (Phi) is 3.04. The topological polar surface area (TPSA) is 26.0 Å². The van der Waals surface area contributed by atoms with Crippen LogP contribution in [0, 0.1) is 5.41 Å². The minimum atomic E-state index is -0.987. The molecule has 2 heteroatoms. The highest BCUT2D eigenvalue weighted by atomic mass is 19.1. The van der Waals surface area contributed by atoms with Crippen molar-refractivity contribution in [3.63, 3.8) is 0 Å². The largest absolute Gasteiger partial charge is 0.330 e. The molecule has 1 unspecified atom stereocenters. The second kappa shape index (κ2) is 3.88. The number of halogens is 1.